The Morgan fingerprint density at radius 2 is 1.78 bits per heavy atom. The van der Waals surface area contributed by atoms with Gasteiger partial charge >= 0.3 is 0 Å². The normalized spacial score (nSPS) is 22.9. The highest BCUT2D eigenvalue weighted by Gasteiger charge is 2.11. The zero-order valence-electron chi connectivity index (χ0n) is 10.7. The minimum atomic E-state index is 0.231. The van der Waals surface area contributed by atoms with Crippen LogP contribution in [0.2, 0.25) is 0 Å². The molecule has 1 aliphatic carbocycles. The molecule has 0 aliphatic heterocycles. The summed E-state index contributed by atoms with van der Waals surface area (Å²) in [5.41, 5.74) is 2.37. The van der Waals surface area contributed by atoms with Crippen LogP contribution >= 0.6 is 0 Å². The smallest absolute Gasteiger partial charge is 0.115 e. The third kappa shape index (κ3) is 2.83. The first-order valence-corrected chi connectivity index (χ1v) is 6.16. The van der Waals surface area contributed by atoms with Crippen LogP contribution in [0.15, 0.2) is 59.9 Å². The number of rotatable bonds is 2. The summed E-state index contributed by atoms with van der Waals surface area (Å²) in [6.07, 6.45) is 7.71. The Hall–Kier alpha value is -1.96. The maximum absolute atomic E-state index is 9.40. The summed E-state index contributed by atoms with van der Waals surface area (Å²) in [6, 6.07) is 7.27. The van der Waals surface area contributed by atoms with E-state index in [1.807, 2.05) is 24.3 Å². The predicted molar refractivity (Wildman–Crippen MR) is 73.6 cm³/mol. The molecule has 1 aliphatic rings. The van der Waals surface area contributed by atoms with E-state index < -0.39 is 0 Å². The van der Waals surface area contributed by atoms with Crippen molar-refractivity contribution in [2.24, 2.45) is 5.92 Å². The molecule has 2 nitrogen and oxygen atoms in total. The highest BCUT2D eigenvalue weighted by atomic mass is 16.3. The number of aliphatic hydroxyl groups excluding tert-OH is 1. The van der Waals surface area contributed by atoms with E-state index >= 15 is 0 Å². The second-order valence-corrected chi connectivity index (χ2v) is 4.76. The summed E-state index contributed by atoms with van der Waals surface area (Å²) < 4.78 is 0. The second-order valence-electron chi connectivity index (χ2n) is 4.76. The Balaban J connectivity index is 2.18. The first kappa shape index (κ1) is 12.5. The van der Waals surface area contributed by atoms with E-state index in [-0.39, 0.29) is 17.6 Å². The highest BCUT2D eigenvalue weighted by molar-refractivity contribution is 5.38. The summed E-state index contributed by atoms with van der Waals surface area (Å²) in [4.78, 5) is 0. The first-order chi connectivity index (χ1) is 8.56. The van der Waals surface area contributed by atoms with Crippen molar-refractivity contribution in [3.05, 3.63) is 65.5 Å². The van der Waals surface area contributed by atoms with E-state index in [4.69, 9.17) is 0 Å². The van der Waals surface area contributed by atoms with Crippen LogP contribution in [0.3, 0.4) is 0 Å². The van der Waals surface area contributed by atoms with Crippen LogP contribution < -0.4 is 0 Å². The van der Waals surface area contributed by atoms with Gasteiger partial charge in [-0.05, 0) is 41.3 Å². The summed E-state index contributed by atoms with van der Waals surface area (Å²) in [5, 5.41) is 18.7. The molecule has 0 heterocycles. The summed E-state index contributed by atoms with van der Waals surface area (Å²) in [6.45, 7) is 4.19. The van der Waals surface area contributed by atoms with Crippen molar-refractivity contribution in [1.82, 2.24) is 0 Å². The molecule has 2 N–H and O–H groups in total. The zero-order valence-corrected chi connectivity index (χ0v) is 10.7. The van der Waals surface area contributed by atoms with E-state index in [1.165, 1.54) is 11.1 Å². The number of benzene rings is 1. The van der Waals surface area contributed by atoms with Gasteiger partial charge in [0, 0.05) is 5.92 Å². The van der Waals surface area contributed by atoms with Crippen molar-refractivity contribution < 1.29 is 10.2 Å². The largest absolute Gasteiger partial charge is 0.508 e. The Labute approximate surface area is 108 Å². The molecule has 18 heavy (non-hydrogen) atoms. The number of aromatic hydroxyl groups is 1. The minimum Gasteiger partial charge on any atom is -0.508 e. The Bertz CT molecular complexity index is 506. The standard InChI is InChI=1S/C16H18O2/c1-11(13-3-6-15(17)7-4-13)9-14-5-8-16(18)10-12(14)2/h3-12,17-18H,1-2H3. The second kappa shape index (κ2) is 5.13. The number of phenols is 1. The van der Waals surface area contributed by atoms with Crippen LogP contribution in [-0.4, -0.2) is 10.2 Å². The third-order valence-electron chi connectivity index (χ3n) is 3.25. The van der Waals surface area contributed by atoms with Gasteiger partial charge < -0.3 is 10.2 Å². The quantitative estimate of drug-likeness (QED) is 0.820. The lowest BCUT2D eigenvalue weighted by molar-refractivity contribution is 0.424. The van der Waals surface area contributed by atoms with E-state index in [2.05, 4.69) is 19.9 Å². The van der Waals surface area contributed by atoms with Crippen LogP contribution in [0.1, 0.15) is 25.3 Å². The lowest BCUT2D eigenvalue weighted by Crippen LogP contribution is -2.01. The molecule has 0 spiro atoms. The molecule has 2 rings (SSSR count). The van der Waals surface area contributed by atoms with Crippen molar-refractivity contribution in [2.45, 2.75) is 19.8 Å². The average molecular weight is 242 g/mol. The van der Waals surface area contributed by atoms with Crippen molar-refractivity contribution in [3.63, 3.8) is 0 Å². The van der Waals surface area contributed by atoms with Gasteiger partial charge in [0.25, 0.3) is 0 Å². The molecule has 0 saturated heterocycles. The van der Waals surface area contributed by atoms with Crippen LogP contribution in [0.4, 0.5) is 0 Å². The van der Waals surface area contributed by atoms with Gasteiger partial charge in [-0.25, -0.2) is 0 Å². The first-order valence-electron chi connectivity index (χ1n) is 6.16. The van der Waals surface area contributed by atoms with Gasteiger partial charge in [0.2, 0.25) is 0 Å². The fourth-order valence-electron chi connectivity index (χ4n) is 2.11. The summed E-state index contributed by atoms with van der Waals surface area (Å²) in [7, 11) is 0. The fraction of sp³-hybridized carbons (Fsp3) is 0.250. The van der Waals surface area contributed by atoms with Crippen molar-refractivity contribution in [2.75, 3.05) is 0 Å². The molecular formula is C16H18O2. The molecule has 1 aromatic carbocycles. The molecule has 0 saturated carbocycles. The monoisotopic (exact) mass is 242 g/mol. The third-order valence-corrected chi connectivity index (χ3v) is 3.25. The van der Waals surface area contributed by atoms with Crippen LogP contribution in [0.5, 0.6) is 5.75 Å². The molecule has 0 fully saturated rings. The molecule has 2 heteroatoms. The number of allylic oxidation sites excluding steroid dienone is 5. The van der Waals surface area contributed by atoms with Gasteiger partial charge in [-0.15, -0.1) is 0 Å². The SMILES string of the molecule is CC1C=C(O)C=CC1=CC(C)c1ccc(O)cc1. The van der Waals surface area contributed by atoms with E-state index in [0.717, 1.165) is 0 Å². The van der Waals surface area contributed by atoms with Crippen LogP contribution in [0.25, 0.3) is 0 Å². The van der Waals surface area contributed by atoms with E-state index in [9.17, 15) is 10.2 Å². The van der Waals surface area contributed by atoms with Gasteiger partial charge in [0.15, 0.2) is 0 Å². The van der Waals surface area contributed by atoms with Crippen molar-refractivity contribution in [3.8, 4) is 5.75 Å². The van der Waals surface area contributed by atoms with E-state index in [0.29, 0.717) is 5.76 Å². The number of hydrogen-bond acceptors (Lipinski definition) is 2. The zero-order chi connectivity index (χ0) is 13.1. The summed E-state index contributed by atoms with van der Waals surface area (Å²) >= 11 is 0. The molecule has 0 radical (unpaired) electrons. The highest BCUT2D eigenvalue weighted by Crippen LogP contribution is 2.26. The molecule has 0 aromatic heterocycles. The number of aliphatic hydroxyl groups is 1. The fourth-order valence-corrected chi connectivity index (χ4v) is 2.11. The number of hydrogen-bond donors (Lipinski definition) is 2. The summed E-state index contributed by atoms with van der Waals surface area (Å²) in [5.74, 6) is 1.13. The lowest BCUT2D eigenvalue weighted by atomic mass is 9.90. The maximum atomic E-state index is 9.40. The molecular weight excluding hydrogens is 224 g/mol. The maximum Gasteiger partial charge on any atom is 0.115 e. The molecule has 2 unspecified atom stereocenters. The van der Waals surface area contributed by atoms with Crippen molar-refractivity contribution >= 4 is 0 Å². The van der Waals surface area contributed by atoms with Gasteiger partial charge in [0.1, 0.15) is 11.5 Å². The topological polar surface area (TPSA) is 40.5 Å². The molecule has 94 valence electrons. The van der Waals surface area contributed by atoms with Crippen LogP contribution in [-0.2, 0) is 0 Å². The predicted octanol–water partition coefficient (Wildman–Crippen LogP) is 4.07. The van der Waals surface area contributed by atoms with Gasteiger partial charge in [0.05, 0.1) is 0 Å². The number of phenolic OH excluding ortho intramolecular Hbond substituents is 1. The van der Waals surface area contributed by atoms with Gasteiger partial charge in [-0.3, -0.25) is 0 Å². The Kier molecular flexibility index (Phi) is 3.56. The molecule has 0 bridgehead atoms. The van der Waals surface area contributed by atoms with Gasteiger partial charge in [-0.2, -0.15) is 0 Å². The molecule has 2 atom stereocenters. The average Bonchev–Trinajstić information content (AvgIpc) is 2.33. The minimum absolute atomic E-state index is 0.231. The Morgan fingerprint density at radius 1 is 1.11 bits per heavy atom. The molecule has 1 aromatic rings. The van der Waals surface area contributed by atoms with Gasteiger partial charge in [-0.1, -0.05) is 38.1 Å². The lowest BCUT2D eigenvalue weighted by Gasteiger charge is -2.16. The van der Waals surface area contributed by atoms with Crippen molar-refractivity contribution in [1.29, 1.82) is 0 Å². The van der Waals surface area contributed by atoms with E-state index in [1.54, 1.807) is 18.2 Å². The Morgan fingerprint density at radius 3 is 2.39 bits per heavy atom. The van der Waals surface area contributed by atoms with Crippen LogP contribution in [0, 0.1) is 5.92 Å². The molecule has 0 amide bonds.